The summed E-state index contributed by atoms with van der Waals surface area (Å²) in [6.07, 6.45) is 1.50. The maximum Gasteiger partial charge on any atom is 0.242 e. The summed E-state index contributed by atoms with van der Waals surface area (Å²) in [7, 11) is -1.25. The van der Waals surface area contributed by atoms with Crippen LogP contribution in [0.15, 0.2) is 24.3 Å². The molecular weight excluding hydrogens is 300 g/mol. The Morgan fingerprint density at radius 1 is 1.36 bits per heavy atom. The van der Waals surface area contributed by atoms with Gasteiger partial charge in [0.2, 0.25) is 5.91 Å². The van der Waals surface area contributed by atoms with Gasteiger partial charge in [-0.25, -0.2) is 8.42 Å². The number of likely N-dealkylation sites (N-methyl/N-ethyl adjacent to an activating group) is 1. The van der Waals surface area contributed by atoms with E-state index in [0.717, 1.165) is 12.1 Å². The fourth-order valence-corrected chi connectivity index (χ4v) is 5.19. The molecule has 3 rings (SSSR count). The van der Waals surface area contributed by atoms with Crippen molar-refractivity contribution in [1.82, 2.24) is 4.90 Å². The molecule has 1 amide bonds. The molecule has 2 aliphatic heterocycles. The fourth-order valence-electron chi connectivity index (χ4n) is 3.41. The van der Waals surface area contributed by atoms with Crippen molar-refractivity contribution in [2.45, 2.75) is 31.8 Å². The zero-order chi connectivity index (χ0) is 15.9. The summed E-state index contributed by atoms with van der Waals surface area (Å²) in [5.41, 5.74) is 2.39. The first-order valence-electron chi connectivity index (χ1n) is 7.68. The first kappa shape index (κ1) is 15.3. The number of hydrogen-bond donors (Lipinski definition) is 0. The van der Waals surface area contributed by atoms with Gasteiger partial charge in [0, 0.05) is 24.8 Å². The lowest BCUT2D eigenvalue weighted by Crippen LogP contribution is -2.45. The minimum Gasteiger partial charge on any atom is -0.359 e. The number of amides is 1. The summed E-state index contributed by atoms with van der Waals surface area (Å²) < 4.78 is 23.2. The molecule has 0 bridgehead atoms. The lowest BCUT2D eigenvalue weighted by atomic mass is 10.1. The van der Waals surface area contributed by atoms with E-state index in [0.29, 0.717) is 19.0 Å². The van der Waals surface area contributed by atoms with Gasteiger partial charge in [-0.2, -0.15) is 0 Å². The fraction of sp³-hybridized carbons (Fsp3) is 0.562. The Morgan fingerprint density at radius 2 is 2.09 bits per heavy atom. The van der Waals surface area contributed by atoms with Crippen LogP contribution in [0.25, 0.3) is 0 Å². The summed E-state index contributed by atoms with van der Waals surface area (Å²) in [6.45, 7) is 2.43. The van der Waals surface area contributed by atoms with Crippen LogP contribution in [0.4, 0.5) is 5.69 Å². The third-order valence-corrected chi connectivity index (χ3v) is 6.55. The van der Waals surface area contributed by atoms with Crippen LogP contribution < -0.4 is 4.90 Å². The topological polar surface area (TPSA) is 57.7 Å². The minimum absolute atomic E-state index is 0.00865. The SMILES string of the molecule is C[C@H]1Cc2ccccc2N1CC(=O)N(C)[C@H]1CCS(=O)(=O)C1. The largest absolute Gasteiger partial charge is 0.359 e. The highest BCUT2D eigenvalue weighted by Gasteiger charge is 2.34. The van der Waals surface area contributed by atoms with Gasteiger partial charge in [0.15, 0.2) is 9.84 Å². The van der Waals surface area contributed by atoms with E-state index in [1.54, 1.807) is 11.9 Å². The second kappa shape index (κ2) is 5.57. The van der Waals surface area contributed by atoms with Crippen LogP contribution >= 0.6 is 0 Å². The number of nitrogens with zero attached hydrogens (tertiary/aromatic N) is 2. The molecule has 6 heteroatoms. The number of anilines is 1. The van der Waals surface area contributed by atoms with Crippen LogP contribution in [0.5, 0.6) is 0 Å². The van der Waals surface area contributed by atoms with Crippen LogP contribution in [0.3, 0.4) is 0 Å². The standard InChI is InChI=1S/C16H22N2O3S/c1-12-9-13-5-3-4-6-15(13)18(12)10-16(19)17(2)14-7-8-22(20,21)11-14/h3-6,12,14H,7-11H2,1-2H3/t12-,14-/m0/s1. The highest BCUT2D eigenvalue weighted by Crippen LogP contribution is 2.31. The van der Waals surface area contributed by atoms with E-state index < -0.39 is 9.84 Å². The van der Waals surface area contributed by atoms with E-state index >= 15 is 0 Å². The molecule has 22 heavy (non-hydrogen) atoms. The molecule has 1 aromatic carbocycles. The second-order valence-corrected chi connectivity index (χ2v) is 8.60. The molecule has 2 heterocycles. The molecule has 5 nitrogen and oxygen atoms in total. The van der Waals surface area contributed by atoms with E-state index in [2.05, 4.69) is 17.9 Å². The van der Waals surface area contributed by atoms with Gasteiger partial charge >= 0.3 is 0 Å². The molecular formula is C16H22N2O3S. The second-order valence-electron chi connectivity index (χ2n) is 6.37. The molecule has 0 radical (unpaired) electrons. The minimum atomic E-state index is -2.97. The van der Waals surface area contributed by atoms with Crippen molar-refractivity contribution in [2.24, 2.45) is 0 Å². The van der Waals surface area contributed by atoms with Crippen molar-refractivity contribution >= 4 is 21.4 Å². The number of carbonyl (C=O) groups excluding carboxylic acids is 1. The molecule has 2 atom stereocenters. The predicted molar refractivity (Wildman–Crippen MR) is 86.8 cm³/mol. The molecule has 0 unspecified atom stereocenters. The number of rotatable bonds is 3. The Labute approximate surface area is 131 Å². The maximum atomic E-state index is 12.5. The zero-order valence-electron chi connectivity index (χ0n) is 13.0. The smallest absolute Gasteiger partial charge is 0.242 e. The average molecular weight is 322 g/mol. The molecule has 120 valence electrons. The summed E-state index contributed by atoms with van der Waals surface area (Å²) in [6, 6.07) is 8.27. The monoisotopic (exact) mass is 322 g/mol. The first-order valence-corrected chi connectivity index (χ1v) is 9.50. The number of para-hydroxylation sites is 1. The van der Waals surface area contributed by atoms with Gasteiger partial charge in [0.05, 0.1) is 18.1 Å². The lowest BCUT2D eigenvalue weighted by Gasteiger charge is -2.29. The third-order valence-electron chi connectivity index (χ3n) is 4.80. The Hall–Kier alpha value is -1.56. The van der Waals surface area contributed by atoms with Crippen LogP contribution in [-0.2, 0) is 21.1 Å². The van der Waals surface area contributed by atoms with E-state index in [-0.39, 0.29) is 23.5 Å². The molecule has 1 aromatic rings. The molecule has 2 aliphatic rings. The van der Waals surface area contributed by atoms with Gasteiger partial charge < -0.3 is 9.80 Å². The molecule has 0 spiro atoms. The summed E-state index contributed by atoms with van der Waals surface area (Å²) >= 11 is 0. The van der Waals surface area contributed by atoms with Crippen molar-refractivity contribution in [2.75, 3.05) is 30.0 Å². The third kappa shape index (κ3) is 2.84. The number of sulfone groups is 1. The van der Waals surface area contributed by atoms with Gasteiger partial charge in [-0.1, -0.05) is 18.2 Å². The van der Waals surface area contributed by atoms with E-state index in [9.17, 15) is 13.2 Å². The van der Waals surface area contributed by atoms with Crippen molar-refractivity contribution in [3.8, 4) is 0 Å². The highest BCUT2D eigenvalue weighted by atomic mass is 32.2. The zero-order valence-corrected chi connectivity index (χ0v) is 13.8. The molecule has 1 fully saturated rings. The van der Waals surface area contributed by atoms with Crippen LogP contribution in [0.2, 0.25) is 0 Å². The normalized spacial score (nSPS) is 26.0. The molecule has 1 saturated heterocycles. The van der Waals surface area contributed by atoms with Crippen LogP contribution in [0, 0.1) is 0 Å². The molecule has 0 aromatic heterocycles. The maximum absolute atomic E-state index is 12.5. The molecule has 0 aliphatic carbocycles. The van der Waals surface area contributed by atoms with Crippen molar-refractivity contribution in [3.05, 3.63) is 29.8 Å². The van der Waals surface area contributed by atoms with Crippen molar-refractivity contribution in [3.63, 3.8) is 0 Å². The molecule has 0 saturated carbocycles. The van der Waals surface area contributed by atoms with Crippen LogP contribution in [-0.4, -0.2) is 56.4 Å². The first-order chi connectivity index (χ1) is 10.4. The lowest BCUT2D eigenvalue weighted by molar-refractivity contribution is -0.130. The Morgan fingerprint density at radius 3 is 2.77 bits per heavy atom. The Bertz CT molecular complexity index is 686. The van der Waals surface area contributed by atoms with Gasteiger partial charge in [-0.15, -0.1) is 0 Å². The van der Waals surface area contributed by atoms with E-state index in [1.807, 2.05) is 18.2 Å². The van der Waals surface area contributed by atoms with E-state index in [4.69, 9.17) is 0 Å². The summed E-state index contributed by atoms with van der Waals surface area (Å²) in [5, 5.41) is 0. The average Bonchev–Trinajstić information content (AvgIpc) is 2.98. The van der Waals surface area contributed by atoms with Gasteiger partial charge in [-0.3, -0.25) is 4.79 Å². The summed E-state index contributed by atoms with van der Waals surface area (Å²) in [5.74, 6) is 0.283. The number of hydrogen-bond acceptors (Lipinski definition) is 4. The Balaban J connectivity index is 1.70. The quantitative estimate of drug-likeness (QED) is 0.836. The van der Waals surface area contributed by atoms with Gasteiger partial charge in [0.1, 0.15) is 0 Å². The summed E-state index contributed by atoms with van der Waals surface area (Å²) in [4.78, 5) is 16.3. The van der Waals surface area contributed by atoms with Gasteiger partial charge in [-0.05, 0) is 31.4 Å². The molecule has 0 N–H and O–H groups in total. The Kier molecular flexibility index (Phi) is 3.89. The van der Waals surface area contributed by atoms with Crippen molar-refractivity contribution in [1.29, 1.82) is 0 Å². The van der Waals surface area contributed by atoms with Crippen LogP contribution in [0.1, 0.15) is 18.9 Å². The highest BCUT2D eigenvalue weighted by molar-refractivity contribution is 7.91. The number of carbonyl (C=O) groups is 1. The number of fused-ring (bicyclic) bond motifs is 1. The van der Waals surface area contributed by atoms with Crippen molar-refractivity contribution < 1.29 is 13.2 Å². The van der Waals surface area contributed by atoms with E-state index in [1.165, 1.54) is 5.56 Å². The number of benzene rings is 1. The van der Waals surface area contributed by atoms with Gasteiger partial charge in [0.25, 0.3) is 0 Å². The predicted octanol–water partition coefficient (Wildman–Crippen LogP) is 1.08.